The highest BCUT2D eigenvalue weighted by molar-refractivity contribution is 5.87. The van der Waals surface area contributed by atoms with Crippen LogP contribution in [0.2, 0.25) is 0 Å². The van der Waals surface area contributed by atoms with Crippen molar-refractivity contribution in [1.29, 1.82) is 0 Å². The van der Waals surface area contributed by atoms with Crippen LogP contribution in [0.15, 0.2) is 45.8 Å². The van der Waals surface area contributed by atoms with Gasteiger partial charge in [0, 0.05) is 24.6 Å². The van der Waals surface area contributed by atoms with Gasteiger partial charge in [0.15, 0.2) is 0 Å². The summed E-state index contributed by atoms with van der Waals surface area (Å²) in [5.41, 5.74) is 1.31. The van der Waals surface area contributed by atoms with E-state index >= 15 is 0 Å². The predicted octanol–water partition coefficient (Wildman–Crippen LogP) is 4.51. The van der Waals surface area contributed by atoms with Gasteiger partial charge in [-0.15, -0.1) is 0 Å². The molecule has 4 rings (SSSR count). The molecule has 0 spiro atoms. The third-order valence-corrected chi connectivity index (χ3v) is 4.96. The molecule has 0 aliphatic carbocycles. The van der Waals surface area contributed by atoms with Crippen LogP contribution in [0.1, 0.15) is 57.8 Å². The van der Waals surface area contributed by atoms with Crippen LogP contribution in [-0.4, -0.2) is 36.0 Å². The number of nitrogens with zero attached hydrogens (tertiary/aromatic N) is 5. The summed E-state index contributed by atoms with van der Waals surface area (Å²) in [5, 5.41) is 3.95. The summed E-state index contributed by atoms with van der Waals surface area (Å²) >= 11 is 0. The van der Waals surface area contributed by atoms with Crippen LogP contribution in [0.3, 0.4) is 0 Å². The number of carbonyl (C=O) groups excluding carboxylic acids is 1. The number of aromatic nitrogens is 5. The Hall–Kier alpha value is -3.75. The highest BCUT2D eigenvalue weighted by Crippen LogP contribution is 2.22. The van der Waals surface area contributed by atoms with E-state index < -0.39 is 11.7 Å². The van der Waals surface area contributed by atoms with E-state index in [0.29, 0.717) is 29.6 Å². The molecule has 0 atom stereocenters. The Bertz CT molecular complexity index is 1390. The standard InChI is InChI=1S/C24H27N5O4/c1-14(2)21-26-18-10-11-28(22(30)19(18)29(21)23(31)32-24(4,5)6)13-16-8-7-9-17(12-16)20-25-15(3)33-27-20/h7-12,14H,13H2,1-6H3. The van der Waals surface area contributed by atoms with Crippen molar-refractivity contribution in [3.63, 3.8) is 0 Å². The van der Waals surface area contributed by atoms with Gasteiger partial charge < -0.3 is 13.8 Å². The lowest BCUT2D eigenvalue weighted by Crippen LogP contribution is -2.31. The fourth-order valence-corrected chi connectivity index (χ4v) is 3.57. The molecule has 0 aliphatic rings. The molecule has 1 aromatic carbocycles. The van der Waals surface area contributed by atoms with Crippen molar-refractivity contribution in [3.8, 4) is 11.4 Å². The first-order valence-electron chi connectivity index (χ1n) is 10.8. The first-order chi connectivity index (χ1) is 15.5. The number of carbonyl (C=O) groups is 1. The third-order valence-electron chi connectivity index (χ3n) is 4.96. The number of pyridine rings is 1. The van der Waals surface area contributed by atoms with Crippen LogP contribution in [0.5, 0.6) is 0 Å². The summed E-state index contributed by atoms with van der Waals surface area (Å²) in [7, 11) is 0. The topological polar surface area (TPSA) is 105 Å². The summed E-state index contributed by atoms with van der Waals surface area (Å²) in [5.74, 6) is 1.38. The number of rotatable bonds is 4. The lowest BCUT2D eigenvalue weighted by Gasteiger charge is -2.21. The number of fused-ring (bicyclic) bond motifs is 1. The molecule has 9 nitrogen and oxygen atoms in total. The summed E-state index contributed by atoms with van der Waals surface area (Å²) in [6.45, 7) is 11.2. The molecule has 33 heavy (non-hydrogen) atoms. The minimum absolute atomic E-state index is 0.0760. The Kier molecular flexibility index (Phi) is 5.65. The molecule has 3 aromatic heterocycles. The molecule has 0 amide bonds. The molecular weight excluding hydrogens is 422 g/mol. The maximum Gasteiger partial charge on any atom is 0.420 e. The molecule has 0 aliphatic heterocycles. The quantitative estimate of drug-likeness (QED) is 0.451. The van der Waals surface area contributed by atoms with E-state index in [2.05, 4.69) is 15.1 Å². The number of hydrogen-bond donors (Lipinski definition) is 0. The maximum absolute atomic E-state index is 13.5. The lowest BCUT2D eigenvalue weighted by atomic mass is 10.1. The van der Waals surface area contributed by atoms with Gasteiger partial charge in [-0.25, -0.2) is 14.3 Å². The summed E-state index contributed by atoms with van der Waals surface area (Å²) in [4.78, 5) is 35.3. The van der Waals surface area contributed by atoms with Gasteiger partial charge in [-0.05, 0) is 38.5 Å². The van der Waals surface area contributed by atoms with Crippen molar-refractivity contribution >= 4 is 17.1 Å². The fourth-order valence-electron chi connectivity index (χ4n) is 3.57. The largest absolute Gasteiger partial charge is 0.443 e. The highest BCUT2D eigenvalue weighted by Gasteiger charge is 2.26. The Morgan fingerprint density at radius 3 is 2.58 bits per heavy atom. The molecule has 0 saturated carbocycles. The smallest absolute Gasteiger partial charge is 0.420 e. The fraction of sp³-hybridized carbons (Fsp3) is 0.375. The van der Waals surface area contributed by atoms with Crippen molar-refractivity contribution in [2.45, 2.75) is 59.6 Å². The average molecular weight is 450 g/mol. The molecule has 9 heteroatoms. The second kappa shape index (κ2) is 8.31. The minimum atomic E-state index is -0.705. The van der Waals surface area contributed by atoms with Gasteiger partial charge in [0.25, 0.3) is 5.56 Å². The highest BCUT2D eigenvalue weighted by atomic mass is 16.6. The molecular formula is C24H27N5O4. The monoisotopic (exact) mass is 449 g/mol. The molecule has 0 saturated heterocycles. The van der Waals surface area contributed by atoms with Gasteiger partial charge in [0.05, 0.1) is 12.1 Å². The Morgan fingerprint density at radius 2 is 1.94 bits per heavy atom. The zero-order valence-corrected chi connectivity index (χ0v) is 19.6. The molecule has 3 heterocycles. The lowest BCUT2D eigenvalue weighted by molar-refractivity contribution is 0.0537. The molecule has 0 bridgehead atoms. The van der Waals surface area contributed by atoms with E-state index in [0.717, 1.165) is 11.1 Å². The number of aryl methyl sites for hydroxylation is 1. The normalized spacial score (nSPS) is 12.0. The zero-order chi connectivity index (χ0) is 23.9. The van der Waals surface area contributed by atoms with E-state index in [4.69, 9.17) is 9.26 Å². The minimum Gasteiger partial charge on any atom is -0.443 e. The molecule has 0 unspecified atom stereocenters. The zero-order valence-electron chi connectivity index (χ0n) is 19.6. The van der Waals surface area contributed by atoms with E-state index in [1.165, 1.54) is 4.57 Å². The second-order valence-corrected chi connectivity index (χ2v) is 9.26. The average Bonchev–Trinajstić information content (AvgIpc) is 3.33. The molecule has 0 N–H and O–H groups in total. The Balaban J connectivity index is 1.78. The van der Waals surface area contributed by atoms with Gasteiger partial charge in [-0.2, -0.15) is 4.98 Å². The van der Waals surface area contributed by atoms with E-state index in [9.17, 15) is 9.59 Å². The van der Waals surface area contributed by atoms with Crippen LogP contribution in [-0.2, 0) is 11.3 Å². The van der Waals surface area contributed by atoms with Gasteiger partial charge in [0.1, 0.15) is 16.9 Å². The van der Waals surface area contributed by atoms with E-state index in [1.54, 1.807) is 44.5 Å². The van der Waals surface area contributed by atoms with Crippen molar-refractivity contribution in [2.24, 2.45) is 0 Å². The maximum atomic E-state index is 13.5. The van der Waals surface area contributed by atoms with Gasteiger partial charge in [-0.1, -0.05) is 37.2 Å². The Morgan fingerprint density at radius 1 is 1.18 bits per heavy atom. The SMILES string of the molecule is Cc1nc(-c2cccc(Cn3ccc4nc(C(C)C)n(C(=O)OC(C)(C)C)c4c3=O)c2)no1. The number of hydrogen-bond acceptors (Lipinski definition) is 7. The van der Waals surface area contributed by atoms with E-state index in [1.807, 2.05) is 38.1 Å². The molecule has 172 valence electrons. The van der Waals surface area contributed by atoms with Gasteiger partial charge in [0.2, 0.25) is 11.7 Å². The van der Waals surface area contributed by atoms with Crippen molar-refractivity contribution in [3.05, 3.63) is 64.2 Å². The first kappa shape index (κ1) is 22.4. The summed E-state index contributed by atoms with van der Waals surface area (Å²) < 4.78 is 13.5. The number of benzene rings is 1. The Labute approximate surface area is 191 Å². The van der Waals surface area contributed by atoms with Crippen LogP contribution in [0, 0.1) is 6.92 Å². The van der Waals surface area contributed by atoms with Crippen LogP contribution in [0.25, 0.3) is 22.4 Å². The van der Waals surface area contributed by atoms with Crippen molar-refractivity contribution in [1.82, 2.24) is 24.3 Å². The van der Waals surface area contributed by atoms with Crippen LogP contribution in [0.4, 0.5) is 4.79 Å². The summed E-state index contributed by atoms with van der Waals surface area (Å²) in [6.07, 6.45) is 1.07. The number of imidazole rings is 1. The molecule has 4 aromatic rings. The first-order valence-corrected chi connectivity index (χ1v) is 10.8. The van der Waals surface area contributed by atoms with Crippen LogP contribution < -0.4 is 5.56 Å². The second-order valence-electron chi connectivity index (χ2n) is 9.26. The summed E-state index contributed by atoms with van der Waals surface area (Å²) in [6, 6.07) is 9.33. The molecule has 0 fully saturated rings. The van der Waals surface area contributed by atoms with Gasteiger partial charge >= 0.3 is 6.09 Å². The van der Waals surface area contributed by atoms with Crippen LogP contribution >= 0.6 is 0 Å². The predicted molar refractivity (Wildman–Crippen MR) is 123 cm³/mol. The molecule has 0 radical (unpaired) electrons. The van der Waals surface area contributed by atoms with Crippen molar-refractivity contribution in [2.75, 3.05) is 0 Å². The van der Waals surface area contributed by atoms with Gasteiger partial charge in [-0.3, -0.25) is 4.79 Å². The van der Waals surface area contributed by atoms with Crippen molar-refractivity contribution < 1.29 is 14.1 Å². The third kappa shape index (κ3) is 4.57. The number of ether oxygens (including phenoxy) is 1. The van der Waals surface area contributed by atoms with E-state index in [-0.39, 0.29) is 17.0 Å².